The Morgan fingerprint density at radius 2 is 2.21 bits per heavy atom. The Kier molecular flexibility index (Phi) is 5.58. The van der Waals surface area contributed by atoms with Crippen LogP contribution in [0.3, 0.4) is 0 Å². The Bertz CT molecular complexity index is 470. The number of amides is 1. The summed E-state index contributed by atoms with van der Waals surface area (Å²) in [6, 6.07) is 3.76. The van der Waals surface area contributed by atoms with Gasteiger partial charge in [-0.05, 0) is 24.0 Å². The zero-order valence-electron chi connectivity index (χ0n) is 12.0. The number of likely N-dealkylation sites (N-methyl/N-ethyl adjacent to an activating group) is 1. The summed E-state index contributed by atoms with van der Waals surface area (Å²) in [6.45, 7) is 4.77. The minimum atomic E-state index is -0.198. The number of aromatic nitrogens is 1. The van der Waals surface area contributed by atoms with Crippen LogP contribution in [-0.2, 0) is 18.4 Å². The lowest BCUT2D eigenvalue weighted by Crippen LogP contribution is -2.43. The van der Waals surface area contributed by atoms with E-state index in [0.717, 1.165) is 12.0 Å². The van der Waals surface area contributed by atoms with E-state index >= 15 is 0 Å². The number of nitrogens with zero attached hydrogens (tertiary/aromatic N) is 2. The van der Waals surface area contributed by atoms with Crippen molar-refractivity contribution in [3.8, 4) is 6.07 Å². The summed E-state index contributed by atoms with van der Waals surface area (Å²) >= 11 is 0. The predicted octanol–water partition coefficient (Wildman–Crippen LogP) is 1.15. The number of hydrogen-bond donors (Lipinski definition) is 2. The third kappa shape index (κ3) is 4.42. The van der Waals surface area contributed by atoms with E-state index in [2.05, 4.69) is 30.6 Å². The van der Waals surface area contributed by atoms with Gasteiger partial charge in [-0.15, -0.1) is 0 Å². The summed E-state index contributed by atoms with van der Waals surface area (Å²) in [5.74, 6) is 0.449. The Labute approximate surface area is 114 Å². The monoisotopic (exact) mass is 262 g/mol. The molecule has 0 fully saturated rings. The second kappa shape index (κ2) is 6.95. The molecule has 1 heterocycles. The Hall–Kier alpha value is -1.80. The second-order valence-electron chi connectivity index (χ2n) is 5.13. The highest BCUT2D eigenvalue weighted by molar-refractivity contribution is 5.81. The molecule has 0 bridgehead atoms. The quantitative estimate of drug-likeness (QED) is 0.808. The van der Waals surface area contributed by atoms with Crippen LogP contribution in [0.1, 0.15) is 31.5 Å². The minimum absolute atomic E-state index is 0.00476. The number of nitriles is 1. The number of aryl methyl sites for hydroxylation is 1. The summed E-state index contributed by atoms with van der Waals surface area (Å²) in [5.41, 5.74) is 1.63. The van der Waals surface area contributed by atoms with Crippen molar-refractivity contribution in [1.82, 2.24) is 15.2 Å². The molecule has 1 amide bonds. The fraction of sp³-hybridized carbons (Fsp3) is 0.571. The van der Waals surface area contributed by atoms with Gasteiger partial charge in [-0.3, -0.25) is 4.79 Å². The summed E-state index contributed by atoms with van der Waals surface area (Å²) < 4.78 is 1.79. The van der Waals surface area contributed by atoms with E-state index in [0.29, 0.717) is 18.2 Å². The first-order valence-electron chi connectivity index (χ1n) is 6.48. The van der Waals surface area contributed by atoms with E-state index in [9.17, 15) is 4.79 Å². The highest BCUT2D eigenvalue weighted by atomic mass is 16.2. The zero-order valence-corrected chi connectivity index (χ0v) is 12.0. The predicted molar refractivity (Wildman–Crippen MR) is 74.3 cm³/mol. The Balaban J connectivity index is 2.65. The van der Waals surface area contributed by atoms with Gasteiger partial charge < -0.3 is 15.2 Å². The molecule has 0 saturated heterocycles. The van der Waals surface area contributed by atoms with E-state index in [4.69, 9.17) is 5.26 Å². The third-order valence-electron chi connectivity index (χ3n) is 3.00. The zero-order chi connectivity index (χ0) is 14.4. The SMILES string of the molecule is CNC(=O)C(CC(C)C)NCc1cc(C#N)n(C)c1. The van der Waals surface area contributed by atoms with Gasteiger partial charge in [-0.25, -0.2) is 0 Å². The maximum atomic E-state index is 11.8. The van der Waals surface area contributed by atoms with Gasteiger partial charge >= 0.3 is 0 Å². The molecule has 1 aromatic rings. The van der Waals surface area contributed by atoms with Crippen LogP contribution in [0.25, 0.3) is 0 Å². The van der Waals surface area contributed by atoms with Crippen molar-refractivity contribution in [2.24, 2.45) is 13.0 Å². The van der Waals surface area contributed by atoms with Crippen molar-refractivity contribution in [3.05, 3.63) is 23.5 Å². The van der Waals surface area contributed by atoms with E-state index in [1.54, 1.807) is 11.6 Å². The highest BCUT2D eigenvalue weighted by Crippen LogP contribution is 2.09. The molecule has 5 heteroatoms. The largest absolute Gasteiger partial charge is 0.358 e. The summed E-state index contributed by atoms with van der Waals surface area (Å²) in [7, 11) is 3.49. The smallest absolute Gasteiger partial charge is 0.236 e. The van der Waals surface area contributed by atoms with E-state index < -0.39 is 0 Å². The molecule has 0 aliphatic heterocycles. The van der Waals surface area contributed by atoms with Gasteiger partial charge in [0.05, 0.1) is 6.04 Å². The van der Waals surface area contributed by atoms with Gasteiger partial charge in [0.2, 0.25) is 5.91 Å². The molecular weight excluding hydrogens is 240 g/mol. The third-order valence-corrected chi connectivity index (χ3v) is 3.00. The lowest BCUT2D eigenvalue weighted by atomic mass is 10.0. The molecule has 2 N–H and O–H groups in total. The van der Waals surface area contributed by atoms with Gasteiger partial charge in [0.15, 0.2) is 0 Å². The molecule has 0 aliphatic carbocycles. The van der Waals surface area contributed by atoms with Crippen LogP contribution in [-0.4, -0.2) is 23.6 Å². The molecular formula is C14H22N4O. The molecule has 0 spiro atoms. The van der Waals surface area contributed by atoms with Crippen molar-refractivity contribution in [2.75, 3.05) is 7.05 Å². The van der Waals surface area contributed by atoms with Crippen LogP contribution >= 0.6 is 0 Å². The molecule has 1 atom stereocenters. The topological polar surface area (TPSA) is 69.8 Å². The molecule has 0 aromatic carbocycles. The first-order chi connectivity index (χ1) is 8.97. The van der Waals surface area contributed by atoms with Crippen molar-refractivity contribution >= 4 is 5.91 Å². The van der Waals surface area contributed by atoms with Gasteiger partial charge in [0, 0.05) is 26.8 Å². The number of hydrogen-bond acceptors (Lipinski definition) is 3. The highest BCUT2D eigenvalue weighted by Gasteiger charge is 2.18. The second-order valence-corrected chi connectivity index (χ2v) is 5.13. The minimum Gasteiger partial charge on any atom is -0.358 e. The average molecular weight is 262 g/mol. The van der Waals surface area contributed by atoms with Gasteiger partial charge in [0.1, 0.15) is 11.8 Å². The maximum absolute atomic E-state index is 11.8. The molecule has 0 radical (unpaired) electrons. The standard InChI is InChI=1S/C14H22N4O/c1-10(2)5-13(14(19)16-3)17-8-11-6-12(7-15)18(4)9-11/h6,9-10,13,17H,5,8H2,1-4H3,(H,16,19). The van der Waals surface area contributed by atoms with Crippen LogP contribution in [0, 0.1) is 17.2 Å². The lowest BCUT2D eigenvalue weighted by molar-refractivity contribution is -0.123. The van der Waals surface area contributed by atoms with E-state index in [1.807, 2.05) is 19.3 Å². The first-order valence-corrected chi connectivity index (χ1v) is 6.48. The molecule has 1 rings (SSSR count). The molecule has 1 aromatic heterocycles. The van der Waals surface area contributed by atoms with Gasteiger partial charge in [-0.2, -0.15) is 5.26 Å². The van der Waals surface area contributed by atoms with Crippen molar-refractivity contribution in [1.29, 1.82) is 5.26 Å². The molecule has 0 saturated carbocycles. The lowest BCUT2D eigenvalue weighted by Gasteiger charge is -2.18. The maximum Gasteiger partial charge on any atom is 0.236 e. The van der Waals surface area contributed by atoms with Crippen molar-refractivity contribution < 1.29 is 4.79 Å². The van der Waals surface area contributed by atoms with Crippen molar-refractivity contribution in [2.45, 2.75) is 32.9 Å². The van der Waals surface area contributed by atoms with Crippen LogP contribution in [0.4, 0.5) is 0 Å². The fourth-order valence-corrected chi connectivity index (χ4v) is 2.01. The fourth-order valence-electron chi connectivity index (χ4n) is 2.01. The van der Waals surface area contributed by atoms with Gasteiger partial charge in [0.25, 0.3) is 0 Å². The van der Waals surface area contributed by atoms with E-state index in [-0.39, 0.29) is 11.9 Å². The average Bonchev–Trinajstić information content (AvgIpc) is 2.73. The van der Waals surface area contributed by atoms with Crippen LogP contribution in [0.15, 0.2) is 12.3 Å². The summed E-state index contributed by atoms with van der Waals surface area (Å²) in [6.07, 6.45) is 2.69. The number of carbonyl (C=O) groups is 1. The number of carbonyl (C=O) groups excluding carboxylic acids is 1. The van der Waals surface area contributed by atoms with E-state index in [1.165, 1.54) is 0 Å². The molecule has 5 nitrogen and oxygen atoms in total. The number of rotatable bonds is 6. The van der Waals surface area contributed by atoms with Gasteiger partial charge in [-0.1, -0.05) is 13.8 Å². The van der Waals surface area contributed by atoms with Crippen LogP contribution in [0.5, 0.6) is 0 Å². The molecule has 104 valence electrons. The molecule has 0 aliphatic rings. The molecule has 1 unspecified atom stereocenters. The molecule has 19 heavy (non-hydrogen) atoms. The Morgan fingerprint density at radius 3 is 2.68 bits per heavy atom. The normalized spacial score (nSPS) is 12.2. The Morgan fingerprint density at radius 1 is 1.53 bits per heavy atom. The summed E-state index contributed by atoms with van der Waals surface area (Å²) in [4.78, 5) is 11.8. The number of nitrogens with one attached hydrogen (secondary N) is 2. The van der Waals surface area contributed by atoms with Crippen molar-refractivity contribution in [3.63, 3.8) is 0 Å². The summed E-state index contributed by atoms with van der Waals surface area (Å²) in [5, 5.41) is 14.8. The first kappa shape index (κ1) is 15.3. The van der Waals surface area contributed by atoms with Crippen LogP contribution in [0.2, 0.25) is 0 Å². The van der Waals surface area contributed by atoms with Crippen LogP contribution < -0.4 is 10.6 Å².